The Labute approximate surface area is 176 Å². The third kappa shape index (κ3) is 6.72. The van der Waals surface area contributed by atoms with Crippen LogP contribution in [0.2, 0.25) is 0 Å². The topological polar surface area (TPSA) is 74.5 Å². The zero-order valence-electron chi connectivity index (χ0n) is 18.3. The highest BCUT2D eigenvalue weighted by Crippen LogP contribution is 2.49. The van der Waals surface area contributed by atoms with Crippen LogP contribution < -0.4 is 4.90 Å². The van der Waals surface area contributed by atoms with Gasteiger partial charge in [0.15, 0.2) is 0 Å². The lowest BCUT2D eigenvalue weighted by Gasteiger charge is -2.37. The summed E-state index contributed by atoms with van der Waals surface area (Å²) in [6.45, 7) is 12.8. The Kier molecular flexibility index (Phi) is 9.45. The van der Waals surface area contributed by atoms with Crippen LogP contribution in [0, 0.1) is 11.3 Å². The van der Waals surface area contributed by atoms with E-state index in [-0.39, 0.29) is 6.10 Å². The van der Waals surface area contributed by atoms with Crippen molar-refractivity contribution in [2.45, 2.75) is 77.6 Å². The van der Waals surface area contributed by atoms with E-state index in [1.54, 1.807) is 12.3 Å². The number of hydrogen-bond acceptors (Lipinski definition) is 7. The van der Waals surface area contributed by atoms with Gasteiger partial charge in [0.1, 0.15) is 0 Å². The summed E-state index contributed by atoms with van der Waals surface area (Å²) in [6.07, 6.45) is 6.90. The monoisotopic (exact) mass is 419 g/mol. The van der Waals surface area contributed by atoms with Crippen molar-refractivity contribution in [3.8, 4) is 6.07 Å². The molecular formula is C21H34N5O2P. The third-order valence-electron chi connectivity index (χ3n) is 5.00. The second-order valence-corrected chi connectivity index (χ2v) is 9.24. The lowest BCUT2D eigenvalue weighted by atomic mass is 10.2. The van der Waals surface area contributed by atoms with Crippen molar-refractivity contribution >= 4 is 20.6 Å². The molecule has 160 valence electrons. The van der Waals surface area contributed by atoms with Gasteiger partial charge in [-0.2, -0.15) is 5.26 Å². The molecule has 0 aromatic carbocycles. The van der Waals surface area contributed by atoms with Crippen molar-refractivity contribution in [1.82, 2.24) is 14.6 Å². The molecule has 0 bridgehead atoms. The van der Waals surface area contributed by atoms with Crippen LogP contribution in [0.3, 0.4) is 0 Å². The van der Waals surface area contributed by atoms with E-state index in [1.165, 1.54) is 0 Å². The molecule has 1 aromatic rings. The normalized spacial score (nSPS) is 20.2. The molecule has 0 radical (unpaired) electrons. The minimum Gasteiger partial charge on any atom is -0.341 e. The van der Waals surface area contributed by atoms with Gasteiger partial charge in [-0.3, -0.25) is 0 Å². The van der Waals surface area contributed by atoms with Crippen molar-refractivity contribution < 1.29 is 9.05 Å². The summed E-state index contributed by atoms with van der Waals surface area (Å²) < 4.78 is 14.8. The molecule has 3 unspecified atom stereocenters. The predicted octanol–water partition coefficient (Wildman–Crippen LogP) is 4.77. The van der Waals surface area contributed by atoms with E-state index in [1.807, 2.05) is 13.1 Å². The molecule has 0 spiro atoms. The Morgan fingerprint density at radius 3 is 2.69 bits per heavy atom. The van der Waals surface area contributed by atoms with Crippen LogP contribution in [-0.4, -0.2) is 52.5 Å². The van der Waals surface area contributed by atoms with Gasteiger partial charge in [-0.05, 0) is 59.1 Å². The number of nitriles is 1. The van der Waals surface area contributed by atoms with Gasteiger partial charge in [-0.25, -0.2) is 14.6 Å². The summed E-state index contributed by atoms with van der Waals surface area (Å²) in [5, 5.41) is 8.86. The number of rotatable bonds is 11. The van der Waals surface area contributed by atoms with Gasteiger partial charge in [0.25, 0.3) is 8.53 Å². The zero-order valence-corrected chi connectivity index (χ0v) is 19.2. The van der Waals surface area contributed by atoms with Gasteiger partial charge >= 0.3 is 0 Å². The van der Waals surface area contributed by atoms with Crippen molar-refractivity contribution in [3.05, 3.63) is 24.5 Å². The van der Waals surface area contributed by atoms with E-state index in [0.29, 0.717) is 37.1 Å². The molecule has 0 N–H and O–H groups in total. The molecule has 2 rings (SSSR count). The predicted molar refractivity (Wildman–Crippen MR) is 118 cm³/mol. The summed E-state index contributed by atoms with van der Waals surface area (Å²) in [5.74, 6) is 0.714. The maximum absolute atomic E-state index is 8.86. The van der Waals surface area contributed by atoms with E-state index in [2.05, 4.69) is 59.9 Å². The minimum absolute atomic E-state index is 0.123. The molecule has 1 saturated carbocycles. The second-order valence-electron chi connectivity index (χ2n) is 7.84. The second kappa shape index (κ2) is 11.6. The first-order valence-electron chi connectivity index (χ1n) is 10.3. The number of hydrogen-bond donors (Lipinski definition) is 0. The van der Waals surface area contributed by atoms with Gasteiger partial charge in [-0.1, -0.05) is 6.58 Å². The SMILES string of the molecule is C=Cc1ccnc(N(C)C2CCC(OP(OCCC#N)N(C(C)C)C(C)C)C2)n1. The van der Waals surface area contributed by atoms with Crippen molar-refractivity contribution in [3.63, 3.8) is 0 Å². The lowest BCUT2D eigenvalue weighted by Crippen LogP contribution is -2.35. The van der Waals surface area contributed by atoms with Crippen molar-refractivity contribution in [2.75, 3.05) is 18.6 Å². The van der Waals surface area contributed by atoms with Crippen LogP contribution in [0.15, 0.2) is 18.8 Å². The van der Waals surface area contributed by atoms with Gasteiger partial charge < -0.3 is 13.9 Å². The maximum Gasteiger partial charge on any atom is 0.259 e. The summed E-state index contributed by atoms with van der Waals surface area (Å²) in [5.41, 5.74) is 0.826. The molecule has 0 saturated heterocycles. The first-order chi connectivity index (χ1) is 13.9. The average Bonchev–Trinajstić information content (AvgIpc) is 3.15. The van der Waals surface area contributed by atoms with Crippen LogP contribution in [-0.2, 0) is 9.05 Å². The molecule has 0 amide bonds. The number of anilines is 1. The molecular weight excluding hydrogens is 385 g/mol. The molecule has 29 heavy (non-hydrogen) atoms. The largest absolute Gasteiger partial charge is 0.341 e. The van der Waals surface area contributed by atoms with Gasteiger partial charge in [0, 0.05) is 31.4 Å². The van der Waals surface area contributed by atoms with Crippen molar-refractivity contribution in [2.24, 2.45) is 0 Å². The summed E-state index contributed by atoms with van der Waals surface area (Å²) in [7, 11) is 0.831. The fourth-order valence-corrected chi connectivity index (χ4v) is 5.35. The molecule has 3 atom stereocenters. The van der Waals surface area contributed by atoms with E-state index in [0.717, 1.165) is 25.0 Å². The molecule has 7 nitrogen and oxygen atoms in total. The number of nitrogens with zero attached hydrogens (tertiary/aromatic N) is 5. The maximum atomic E-state index is 8.86. The van der Waals surface area contributed by atoms with Crippen LogP contribution in [0.25, 0.3) is 6.08 Å². The van der Waals surface area contributed by atoms with E-state index < -0.39 is 8.53 Å². The van der Waals surface area contributed by atoms with Crippen molar-refractivity contribution in [1.29, 1.82) is 5.26 Å². The highest BCUT2D eigenvalue weighted by Gasteiger charge is 2.35. The van der Waals surface area contributed by atoms with Crippen LogP contribution >= 0.6 is 8.53 Å². The molecule has 1 aliphatic rings. The Bertz CT molecular complexity index is 686. The first kappa shape index (κ1) is 23.7. The van der Waals surface area contributed by atoms with Crippen LogP contribution in [0.4, 0.5) is 5.95 Å². The quantitative estimate of drug-likeness (QED) is 0.378. The van der Waals surface area contributed by atoms with Gasteiger partial charge in [0.05, 0.1) is 30.9 Å². The van der Waals surface area contributed by atoms with Crippen LogP contribution in [0.1, 0.15) is 59.1 Å². The van der Waals surface area contributed by atoms with E-state index >= 15 is 0 Å². The number of aromatic nitrogens is 2. The highest BCUT2D eigenvalue weighted by molar-refractivity contribution is 7.44. The smallest absolute Gasteiger partial charge is 0.259 e. The Hall–Kier alpha value is -1.58. The minimum atomic E-state index is -1.21. The van der Waals surface area contributed by atoms with Gasteiger partial charge in [-0.15, -0.1) is 0 Å². The third-order valence-corrected chi connectivity index (χ3v) is 7.18. The zero-order chi connectivity index (χ0) is 21.4. The standard InChI is InChI=1S/C21H34N5O2P/c1-7-18-11-13-23-21(24-18)25(6)19-9-10-20(15-19)28-29(27-14-8-12-22)26(16(2)3)17(4)5/h7,11,13,16-17,19-20H,1,8-10,14-15H2,2-6H3. The summed E-state index contributed by atoms with van der Waals surface area (Å²) in [6, 6.07) is 4.93. The van der Waals surface area contributed by atoms with E-state index in [4.69, 9.17) is 14.3 Å². The summed E-state index contributed by atoms with van der Waals surface area (Å²) in [4.78, 5) is 11.1. The molecule has 1 heterocycles. The highest BCUT2D eigenvalue weighted by atomic mass is 31.2. The van der Waals surface area contributed by atoms with Gasteiger partial charge in [0.2, 0.25) is 5.95 Å². The fourth-order valence-electron chi connectivity index (χ4n) is 3.60. The molecule has 8 heteroatoms. The molecule has 1 fully saturated rings. The average molecular weight is 420 g/mol. The lowest BCUT2D eigenvalue weighted by molar-refractivity contribution is 0.134. The molecule has 1 aliphatic carbocycles. The Morgan fingerprint density at radius 2 is 2.07 bits per heavy atom. The Morgan fingerprint density at radius 1 is 1.34 bits per heavy atom. The molecule has 0 aliphatic heterocycles. The Balaban J connectivity index is 2.03. The fraction of sp³-hybridized carbons (Fsp3) is 0.667. The molecule has 1 aromatic heterocycles. The van der Waals surface area contributed by atoms with E-state index in [9.17, 15) is 0 Å². The first-order valence-corrected chi connectivity index (χ1v) is 11.4. The van der Waals surface area contributed by atoms with Crippen LogP contribution in [0.5, 0.6) is 0 Å². The summed E-state index contributed by atoms with van der Waals surface area (Å²) >= 11 is 0.